The van der Waals surface area contributed by atoms with Crippen molar-refractivity contribution < 1.29 is 4.79 Å². The third kappa shape index (κ3) is 4.12. The molecule has 0 aliphatic carbocycles. The number of halogens is 1. The number of unbranched alkanes of at least 4 members (excludes halogenated alkanes) is 1. The van der Waals surface area contributed by atoms with Crippen molar-refractivity contribution in [2.45, 2.75) is 39.2 Å². The molecule has 1 N–H and O–H groups in total. The van der Waals surface area contributed by atoms with Crippen LogP contribution < -0.4 is 5.32 Å². The Morgan fingerprint density at radius 1 is 1.44 bits per heavy atom. The van der Waals surface area contributed by atoms with Crippen molar-refractivity contribution in [2.75, 3.05) is 0 Å². The van der Waals surface area contributed by atoms with Crippen LogP contribution in [0.4, 0.5) is 0 Å². The minimum Gasteiger partial charge on any atom is -0.350 e. The fraction of sp³-hybridized carbons (Fsp3) is 0.462. The Bertz CT molecular complexity index is 352. The molecule has 1 aromatic rings. The average Bonchev–Trinajstić information content (AvgIpc) is 2.26. The molecule has 0 aliphatic heterocycles. The van der Waals surface area contributed by atoms with Gasteiger partial charge >= 0.3 is 0 Å². The molecule has 0 bridgehead atoms. The van der Waals surface area contributed by atoms with Gasteiger partial charge in [-0.15, -0.1) is 0 Å². The molecule has 0 fully saturated rings. The second-order valence-electron chi connectivity index (χ2n) is 3.91. The fourth-order valence-corrected chi connectivity index (χ4v) is 2.41. The summed E-state index contributed by atoms with van der Waals surface area (Å²) in [5.41, 5.74) is 1.19. The highest BCUT2D eigenvalue weighted by Crippen LogP contribution is 2.19. The predicted molar refractivity (Wildman–Crippen MR) is 75.2 cm³/mol. The second-order valence-corrected chi connectivity index (χ2v) is 5.08. The summed E-state index contributed by atoms with van der Waals surface area (Å²) in [6, 6.07) is 8.23. The van der Waals surface area contributed by atoms with Gasteiger partial charge in [-0.25, -0.2) is 0 Å². The first-order chi connectivity index (χ1) is 7.65. The van der Waals surface area contributed by atoms with Crippen LogP contribution in [-0.4, -0.2) is 5.91 Å². The molecule has 16 heavy (non-hydrogen) atoms. The van der Waals surface area contributed by atoms with Gasteiger partial charge in [0, 0.05) is 9.99 Å². The van der Waals surface area contributed by atoms with Crippen molar-refractivity contribution in [1.82, 2.24) is 5.32 Å². The Hall–Kier alpha value is -0.580. The monoisotopic (exact) mass is 331 g/mol. The van der Waals surface area contributed by atoms with Gasteiger partial charge < -0.3 is 5.32 Å². The van der Waals surface area contributed by atoms with Gasteiger partial charge in [0.15, 0.2) is 0 Å². The second kappa shape index (κ2) is 6.89. The van der Waals surface area contributed by atoms with Crippen LogP contribution in [0, 0.1) is 3.57 Å². The topological polar surface area (TPSA) is 29.1 Å². The molecule has 3 heteroatoms. The maximum Gasteiger partial charge on any atom is 0.220 e. The third-order valence-electron chi connectivity index (χ3n) is 2.51. The fourth-order valence-electron chi connectivity index (χ4n) is 1.56. The Morgan fingerprint density at radius 3 is 2.75 bits per heavy atom. The van der Waals surface area contributed by atoms with E-state index in [4.69, 9.17) is 0 Å². The quantitative estimate of drug-likeness (QED) is 0.820. The van der Waals surface area contributed by atoms with Crippen molar-refractivity contribution >= 4 is 28.5 Å². The van der Waals surface area contributed by atoms with Gasteiger partial charge in [-0.05, 0) is 47.6 Å². The Kier molecular flexibility index (Phi) is 5.80. The van der Waals surface area contributed by atoms with E-state index >= 15 is 0 Å². The third-order valence-corrected chi connectivity index (χ3v) is 3.49. The van der Waals surface area contributed by atoms with Crippen LogP contribution in [0.25, 0.3) is 0 Å². The summed E-state index contributed by atoms with van der Waals surface area (Å²) >= 11 is 2.30. The molecule has 1 rings (SSSR count). The van der Waals surface area contributed by atoms with Crippen molar-refractivity contribution in [3.63, 3.8) is 0 Å². The Labute approximate surface area is 111 Å². The molecule has 0 saturated heterocycles. The highest BCUT2D eigenvalue weighted by atomic mass is 127. The molecule has 1 aromatic carbocycles. The van der Waals surface area contributed by atoms with Gasteiger partial charge in [-0.2, -0.15) is 0 Å². The van der Waals surface area contributed by atoms with Crippen molar-refractivity contribution in [2.24, 2.45) is 0 Å². The smallest absolute Gasteiger partial charge is 0.220 e. The van der Waals surface area contributed by atoms with Crippen molar-refractivity contribution in [3.8, 4) is 0 Å². The van der Waals surface area contributed by atoms with Crippen LogP contribution in [0.2, 0.25) is 0 Å². The van der Waals surface area contributed by atoms with E-state index in [9.17, 15) is 4.79 Å². The number of carbonyl (C=O) groups is 1. The van der Waals surface area contributed by atoms with Crippen LogP contribution in [0.15, 0.2) is 24.3 Å². The number of nitrogens with one attached hydrogen (secondary N) is 1. The highest BCUT2D eigenvalue weighted by molar-refractivity contribution is 14.1. The minimum absolute atomic E-state index is 0.0949. The lowest BCUT2D eigenvalue weighted by Crippen LogP contribution is -2.26. The van der Waals surface area contributed by atoms with Crippen LogP contribution in [0.5, 0.6) is 0 Å². The molecule has 1 unspecified atom stereocenters. The summed E-state index contributed by atoms with van der Waals surface area (Å²) in [5, 5.41) is 3.03. The normalized spacial score (nSPS) is 12.2. The summed E-state index contributed by atoms with van der Waals surface area (Å²) in [6.07, 6.45) is 2.65. The molecule has 2 nitrogen and oxygen atoms in total. The van der Waals surface area contributed by atoms with Crippen LogP contribution in [0.1, 0.15) is 44.7 Å². The molecule has 1 amide bonds. The Morgan fingerprint density at radius 2 is 2.12 bits per heavy atom. The molecule has 0 aliphatic rings. The maximum atomic E-state index is 11.6. The lowest BCUT2D eigenvalue weighted by atomic mass is 10.1. The molecule has 0 aromatic heterocycles. The zero-order chi connectivity index (χ0) is 12.0. The molecule has 0 heterocycles. The van der Waals surface area contributed by atoms with E-state index < -0.39 is 0 Å². The number of carbonyl (C=O) groups excluding carboxylic acids is 1. The molecule has 1 atom stereocenters. The molecular formula is C13H18INO. The maximum absolute atomic E-state index is 11.6. The van der Waals surface area contributed by atoms with E-state index in [0.29, 0.717) is 6.42 Å². The summed E-state index contributed by atoms with van der Waals surface area (Å²) in [5.74, 6) is 0.147. The molecule has 0 saturated carbocycles. The van der Waals surface area contributed by atoms with Crippen molar-refractivity contribution in [1.29, 1.82) is 0 Å². The lowest BCUT2D eigenvalue weighted by molar-refractivity contribution is -0.121. The van der Waals surface area contributed by atoms with E-state index in [1.165, 1.54) is 9.13 Å². The number of hydrogen-bond acceptors (Lipinski definition) is 1. The number of rotatable bonds is 5. The van der Waals surface area contributed by atoms with Gasteiger partial charge in [0.2, 0.25) is 5.91 Å². The van der Waals surface area contributed by atoms with Crippen LogP contribution in [0.3, 0.4) is 0 Å². The number of hydrogen-bond donors (Lipinski definition) is 1. The zero-order valence-electron chi connectivity index (χ0n) is 9.79. The molecule has 0 radical (unpaired) electrons. The summed E-state index contributed by atoms with van der Waals surface area (Å²) in [4.78, 5) is 11.6. The largest absolute Gasteiger partial charge is 0.350 e. The predicted octanol–water partition coefficient (Wildman–Crippen LogP) is 3.66. The Balaban J connectivity index is 2.55. The van der Waals surface area contributed by atoms with E-state index in [-0.39, 0.29) is 11.9 Å². The summed E-state index contributed by atoms with van der Waals surface area (Å²) in [7, 11) is 0. The summed E-state index contributed by atoms with van der Waals surface area (Å²) in [6.45, 7) is 4.12. The van der Waals surface area contributed by atoms with Gasteiger partial charge in [0.05, 0.1) is 6.04 Å². The van der Waals surface area contributed by atoms with E-state index in [1.807, 2.05) is 19.1 Å². The first-order valence-electron chi connectivity index (χ1n) is 5.69. The lowest BCUT2D eigenvalue weighted by Gasteiger charge is -2.15. The van der Waals surface area contributed by atoms with E-state index in [0.717, 1.165) is 12.8 Å². The molecule has 88 valence electrons. The first-order valence-corrected chi connectivity index (χ1v) is 6.76. The molecular weight excluding hydrogens is 313 g/mol. The number of benzene rings is 1. The van der Waals surface area contributed by atoms with Gasteiger partial charge in [-0.3, -0.25) is 4.79 Å². The van der Waals surface area contributed by atoms with Crippen LogP contribution >= 0.6 is 22.6 Å². The minimum atomic E-state index is 0.0949. The average molecular weight is 331 g/mol. The van der Waals surface area contributed by atoms with Gasteiger partial charge in [0.1, 0.15) is 0 Å². The standard InChI is InChI=1S/C13H18INO/c1-3-4-9-13(16)15-10(2)11-7-5-6-8-12(11)14/h5-8,10H,3-4,9H2,1-2H3,(H,15,16). The SMILES string of the molecule is CCCCC(=O)NC(C)c1ccccc1I. The van der Waals surface area contributed by atoms with E-state index in [2.05, 4.69) is 47.0 Å². The van der Waals surface area contributed by atoms with Crippen molar-refractivity contribution in [3.05, 3.63) is 33.4 Å². The van der Waals surface area contributed by atoms with Gasteiger partial charge in [-0.1, -0.05) is 31.5 Å². The highest BCUT2D eigenvalue weighted by Gasteiger charge is 2.10. The zero-order valence-corrected chi connectivity index (χ0v) is 12.0. The van der Waals surface area contributed by atoms with Crippen LogP contribution in [-0.2, 0) is 4.79 Å². The summed E-state index contributed by atoms with van der Waals surface area (Å²) < 4.78 is 1.20. The number of amides is 1. The first kappa shape index (κ1) is 13.5. The van der Waals surface area contributed by atoms with Gasteiger partial charge in [0.25, 0.3) is 0 Å². The van der Waals surface area contributed by atoms with E-state index in [1.54, 1.807) is 0 Å². The molecule has 0 spiro atoms.